The number of benzene rings is 3. The lowest BCUT2D eigenvalue weighted by molar-refractivity contribution is 0.310. The first kappa shape index (κ1) is 17.1. The average Bonchev–Trinajstić information content (AvgIpc) is 2.72. The number of aryl methyl sites for hydroxylation is 1. The van der Waals surface area contributed by atoms with E-state index in [2.05, 4.69) is 43.3 Å². The molecule has 0 fully saturated rings. The van der Waals surface area contributed by atoms with Gasteiger partial charge in [-0.2, -0.15) is 0 Å². The molecule has 0 N–H and O–H groups in total. The zero-order valence-corrected chi connectivity index (χ0v) is 15.5. The SMILES string of the molecule is COc1ccc2nc(-c3cccc(C)c3)cc(OCc3ccccc3)c2c1. The summed E-state index contributed by atoms with van der Waals surface area (Å²) >= 11 is 0. The van der Waals surface area contributed by atoms with Gasteiger partial charge in [0.15, 0.2) is 0 Å². The Morgan fingerprint density at radius 1 is 0.852 bits per heavy atom. The Kier molecular flexibility index (Phi) is 4.75. The van der Waals surface area contributed by atoms with Crippen LogP contribution in [-0.2, 0) is 6.61 Å². The molecule has 3 aromatic carbocycles. The fraction of sp³-hybridized carbons (Fsp3) is 0.125. The van der Waals surface area contributed by atoms with E-state index in [1.807, 2.05) is 42.5 Å². The van der Waals surface area contributed by atoms with E-state index in [4.69, 9.17) is 14.5 Å². The van der Waals surface area contributed by atoms with Crippen LogP contribution in [0.5, 0.6) is 11.5 Å². The minimum atomic E-state index is 0.504. The van der Waals surface area contributed by atoms with Crippen molar-refractivity contribution in [1.82, 2.24) is 4.98 Å². The number of aromatic nitrogens is 1. The minimum Gasteiger partial charge on any atom is -0.497 e. The van der Waals surface area contributed by atoms with E-state index in [1.165, 1.54) is 5.56 Å². The smallest absolute Gasteiger partial charge is 0.131 e. The first-order valence-electron chi connectivity index (χ1n) is 8.95. The highest BCUT2D eigenvalue weighted by atomic mass is 16.5. The largest absolute Gasteiger partial charge is 0.497 e. The van der Waals surface area contributed by atoms with E-state index in [9.17, 15) is 0 Å². The Morgan fingerprint density at radius 2 is 1.70 bits per heavy atom. The van der Waals surface area contributed by atoms with Gasteiger partial charge in [0.05, 0.1) is 18.3 Å². The van der Waals surface area contributed by atoms with Gasteiger partial charge in [0.2, 0.25) is 0 Å². The molecule has 0 aliphatic rings. The summed E-state index contributed by atoms with van der Waals surface area (Å²) in [6.45, 7) is 2.59. The van der Waals surface area contributed by atoms with Crippen molar-refractivity contribution in [2.24, 2.45) is 0 Å². The Morgan fingerprint density at radius 3 is 2.48 bits per heavy atom. The average molecular weight is 355 g/mol. The van der Waals surface area contributed by atoms with Gasteiger partial charge in [0.25, 0.3) is 0 Å². The fourth-order valence-corrected chi connectivity index (χ4v) is 3.11. The van der Waals surface area contributed by atoms with Crippen LogP contribution in [0.15, 0.2) is 78.9 Å². The van der Waals surface area contributed by atoms with Crippen LogP contribution in [0.1, 0.15) is 11.1 Å². The summed E-state index contributed by atoms with van der Waals surface area (Å²) in [5.41, 5.74) is 5.20. The minimum absolute atomic E-state index is 0.504. The molecule has 4 rings (SSSR count). The number of hydrogen-bond acceptors (Lipinski definition) is 3. The molecular weight excluding hydrogens is 334 g/mol. The zero-order valence-electron chi connectivity index (χ0n) is 15.5. The van der Waals surface area contributed by atoms with Crippen LogP contribution in [0.25, 0.3) is 22.2 Å². The summed E-state index contributed by atoms with van der Waals surface area (Å²) in [5, 5.41) is 0.946. The van der Waals surface area contributed by atoms with E-state index >= 15 is 0 Å². The van der Waals surface area contributed by atoms with Crippen LogP contribution in [-0.4, -0.2) is 12.1 Å². The first-order valence-corrected chi connectivity index (χ1v) is 8.95. The summed E-state index contributed by atoms with van der Waals surface area (Å²) in [5.74, 6) is 1.59. The summed E-state index contributed by atoms with van der Waals surface area (Å²) in [6.07, 6.45) is 0. The molecule has 0 aliphatic heterocycles. The van der Waals surface area contributed by atoms with Crippen LogP contribution in [0.2, 0.25) is 0 Å². The number of hydrogen-bond donors (Lipinski definition) is 0. The van der Waals surface area contributed by atoms with Crippen molar-refractivity contribution in [2.45, 2.75) is 13.5 Å². The maximum Gasteiger partial charge on any atom is 0.131 e. The number of pyridine rings is 1. The van der Waals surface area contributed by atoms with E-state index < -0.39 is 0 Å². The summed E-state index contributed by atoms with van der Waals surface area (Å²) in [4.78, 5) is 4.84. The molecule has 0 spiro atoms. The lowest BCUT2D eigenvalue weighted by Gasteiger charge is -2.13. The van der Waals surface area contributed by atoms with Gasteiger partial charge in [-0.1, -0.05) is 54.1 Å². The third-order valence-corrected chi connectivity index (χ3v) is 4.53. The molecule has 1 aromatic heterocycles. The number of fused-ring (bicyclic) bond motifs is 1. The van der Waals surface area contributed by atoms with Gasteiger partial charge < -0.3 is 9.47 Å². The maximum atomic E-state index is 6.20. The van der Waals surface area contributed by atoms with Crippen molar-refractivity contribution in [1.29, 1.82) is 0 Å². The van der Waals surface area contributed by atoms with Crippen LogP contribution in [0.3, 0.4) is 0 Å². The molecule has 3 heteroatoms. The topological polar surface area (TPSA) is 31.4 Å². The van der Waals surface area contributed by atoms with E-state index in [0.717, 1.165) is 39.2 Å². The van der Waals surface area contributed by atoms with Gasteiger partial charge in [-0.3, -0.25) is 0 Å². The van der Waals surface area contributed by atoms with Crippen LogP contribution < -0.4 is 9.47 Å². The second kappa shape index (κ2) is 7.50. The second-order valence-electron chi connectivity index (χ2n) is 6.53. The first-order chi connectivity index (χ1) is 13.2. The number of ether oxygens (including phenoxy) is 2. The highest BCUT2D eigenvalue weighted by Crippen LogP contribution is 2.33. The maximum absolute atomic E-state index is 6.20. The molecule has 0 amide bonds. The van der Waals surface area contributed by atoms with Crippen molar-refractivity contribution < 1.29 is 9.47 Å². The summed E-state index contributed by atoms with van der Waals surface area (Å²) < 4.78 is 11.6. The predicted molar refractivity (Wildman–Crippen MR) is 109 cm³/mol. The molecule has 0 unspecified atom stereocenters. The van der Waals surface area contributed by atoms with E-state index in [1.54, 1.807) is 7.11 Å². The van der Waals surface area contributed by atoms with Crippen LogP contribution >= 0.6 is 0 Å². The van der Waals surface area contributed by atoms with Crippen LogP contribution in [0, 0.1) is 6.92 Å². The van der Waals surface area contributed by atoms with Crippen molar-refractivity contribution in [3.05, 3.63) is 90.0 Å². The fourth-order valence-electron chi connectivity index (χ4n) is 3.11. The number of rotatable bonds is 5. The van der Waals surface area contributed by atoms with Crippen molar-refractivity contribution in [3.8, 4) is 22.8 Å². The zero-order chi connectivity index (χ0) is 18.6. The standard InChI is InChI=1S/C24H21NO2/c1-17-7-6-10-19(13-17)23-15-24(27-16-18-8-4-3-5-9-18)21-14-20(26-2)11-12-22(21)25-23/h3-15H,16H2,1-2H3. The molecule has 0 aliphatic carbocycles. The van der Waals surface area contributed by atoms with Gasteiger partial charge >= 0.3 is 0 Å². The lowest BCUT2D eigenvalue weighted by Crippen LogP contribution is -1.98. The van der Waals surface area contributed by atoms with Crippen molar-refractivity contribution in [2.75, 3.05) is 7.11 Å². The molecular formula is C24H21NO2. The van der Waals surface area contributed by atoms with Crippen molar-refractivity contribution in [3.63, 3.8) is 0 Å². The van der Waals surface area contributed by atoms with Gasteiger partial charge in [0, 0.05) is 17.0 Å². The summed E-state index contributed by atoms with van der Waals surface area (Å²) in [6, 6.07) is 26.4. The second-order valence-corrected chi connectivity index (χ2v) is 6.53. The molecule has 134 valence electrons. The Labute approximate surface area is 159 Å². The normalized spacial score (nSPS) is 10.7. The number of nitrogens with zero attached hydrogens (tertiary/aromatic N) is 1. The summed E-state index contributed by atoms with van der Waals surface area (Å²) in [7, 11) is 1.67. The molecule has 0 atom stereocenters. The van der Waals surface area contributed by atoms with Gasteiger partial charge in [-0.15, -0.1) is 0 Å². The molecule has 3 nitrogen and oxygen atoms in total. The molecule has 27 heavy (non-hydrogen) atoms. The third kappa shape index (κ3) is 3.77. The molecule has 0 saturated carbocycles. The predicted octanol–water partition coefficient (Wildman–Crippen LogP) is 5.80. The molecule has 0 bridgehead atoms. The highest BCUT2D eigenvalue weighted by Gasteiger charge is 2.11. The Balaban J connectivity index is 1.79. The number of methoxy groups -OCH3 is 1. The van der Waals surface area contributed by atoms with Gasteiger partial charge in [0.1, 0.15) is 18.1 Å². The molecule has 0 saturated heterocycles. The quantitative estimate of drug-likeness (QED) is 0.453. The van der Waals surface area contributed by atoms with Gasteiger partial charge in [-0.25, -0.2) is 4.98 Å². The highest BCUT2D eigenvalue weighted by molar-refractivity contribution is 5.89. The molecule has 1 heterocycles. The van der Waals surface area contributed by atoms with Crippen LogP contribution in [0.4, 0.5) is 0 Å². The Hall–Kier alpha value is -3.33. The monoisotopic (exact) mass is 355 g/mol. The van der Waals surface area contributed by atoms with E-state index in [-0.39, 0.29) is 0 Å². The molecule has 0 radical (unpaired) electrons. The van der Waals surface area contributed by atoms with Crippen molar-refractivity contribution >= 4 is 10.9 Å². The molecule has 4 aromatic rings. The lowest BCUT2D eigenvalue weighted by atomic mass is 10.1. The van der Waals surface area contributed by atoms with E-state index in [0.29, 0.717) is 6.61 Å². The van der Waals surface area contributed by atoms with Gasteiger partial charge in [-0.05, 0) is 36.8 Å². The Bertz CT molecular complexity index is 1070. The third-order valence-electron chi connectivity index (χ3n) is 4.53.